The van der Waals surface area contributed by atoms with E-state index in [1.165, 1.54) is 38.2 Å². The number of para-hydroxylation sites is 3. The highest BCUT2D eigenvalue weighted by Gasteiger charge is 2.19. The van der Waals surface area contributed by atoms with Gasteiger partial charge in [-0.15, -0.1) is 0 Å². The zero-order valence-corrected chi connectivity index (χ0v) is 32.2. The Morgan fingerprint density at radius 1 is 0.254 bits per heavy atom. The third kappa shape index (κ3) is 6.26. The van der Waals surface area contributed by atoms with E-state index in [1.807, 2.05) is 12.1 Å². The lowest BCUT2D eigenvalue weighted by Crippen LogP contribution is -2.13. The van der Waals surface area contributed by atoms with Crippen LogP contribution in [0.3, 0.4) is 0 Å². The molecule has 11 rings (SSSR count). The van der Waals surface area contributed by atoms with Crippen molar-refractivity contribution >= 4 is 77.6 Å². The summed E-state index contributed by atoms with van der Waals surface area (Å²) in [4.78, 5) is 4.63. The van der Waals surface area contributed by atoms with Crippen molar-refractivity contribution in [1.29, 1.82) is 0 Å². The molecule has 0 N–H and O–H groups in total. The van der Waals surface area contributed by atoms with E-state index in [9.17, 15) is 0 Å². The molecular formula is C56H38N2O. The topological polar surface area (TPSA) is 19.6 Å². The Morgan fingerprint density at radius 2 is 0.729 bits per heavy atom. The quantitative estimate of drug-likeness (QED) is 0.154. The first kappa shape index (κ1) is 34.4. The molecule has 1 heterocycles. The first-order valence-electron chi connectivity index (χ1n) is 20.1. The van der Waals surface area contributed by atoms with Crippen LogP contribution < -0.4 is 9.80 Å². The maximum atomic E-state index is 6.44. The molecule has 0 radical (unpaired) electrons. The van der Waals surface area contributed by atoms with Gasteiger partial charge in [-0.05, 0) is 123 Å². The Labute approximate surface area is 343 Å². The molecule has 0 aliphatic rings. The molecule has 0 spiro atoms. The minimum atomic E-state index is 0.856. The molecular weight excluding hydrogens is 717 g/mol. The van der Waals surface area contributed by atoms with E-state index < -0.39 is 0 Å². The monoisotopic (exact) mass is 754 g/mol. The van der Waals surface area contributed by atoms with Gasteiger partial charge in [0.1, 0.15) is 11.2 Å². The second-order valence-electron chi connectivity index (χ2n) is 15.0. The van der Waals surface area contributed by atoms with E-state index in [0.717, 1.165) is 61.6 Å². The van der Waals surface area contributed by atoms with Gasteiger partial charge in [0.2, 0.25) is 0 Å². The van der Waals surface area contributed by atoms with Gasteiger partial charge in [-0.1, -0.05) is 146 Å². The van der Waals surface area contributed by atoms with Crippen LogP contribution in [0.25, 0.3) is 65.7 Å². The summed E-state index contributed by atoms with van der Waals surface area (Å²) < 4.78 is 6.44. The molecule has 0 atom stereocenters. The molecule has 10 aromatic carbocycles. The summed E-state index contributed by atoms with van der Waals surface area (Å²) in [5.41, 5.74) is 12.9. The van der Waals surface area contributed by atoms with Gasteiger partial charge < -0.3 is 14.2 Å². The molecule has 1 aromatic heterocycles. The van der Waals surface area contributed by atoms with Crippen molar-refractivity contribution in [2.45, 2.75) is 0 Å². The Balaban J connectivity index is 1.03. The summed E-state index contributed by atoms with van der Waals surface area (Å²) in [5, 5.41) is 7.19. The highest BCUT2D eigenvalue weighted by molar-refractivity contribution is 6.07. The zero-order valence-electron chi connectivity index (χ0n) is 32.2. The molecule has 0 fully saturated rings. The van der Waals surface area contributed by atoms with Crippen molar-refractivity contribution in [3.8, 4) is 22.3 Å². The number of furan rings is 1. The number of rotatable bonds is 8. The SMILES string of the molecule is c1ccc(N(c2ccccc2)c2cccc(N(c3ccc(-c4cccc5c(-c6ccc7ccccc7c6)cccc45)cc3)c3ccc4c(c3)oc3ccccc34)c2)cc1. The van der Waals surface area contributed by atoms with E-state index in [-0.39, 0.29) is 0 Å². The van der Waals surface area contributed by atoms with Crippen LogP contribution in [-0.2, 0) is 0 Å². The Hall–Kier alpha value is -7.88. The maximum Gasteiger partial charge on any atom is 0.137 e. The minimum Gasteiger partial charge on any atom is -0.456 e. The molecule has 0 unspecified atom stereocenters. The van der Waals surface area contributed by atoms with Gasteiger partial charge in [0.05, 0.1) is 0 Å². The van der Waals surface area contributed by atoms with Gasteiger partial charge in [0.15, 0.2) is 0 Å². The second-order valence-corrected chi connectivity index (χ2v) is 15.0. The van der Waals surface area contributed by atoms with Gasteiger partial charge in [0, 0.05) is 51.0 Å². The van der Waals surface area contributed by atoms with Crippen molar-refractivity contribution in [1.82, 2.24) is 0 Å². The Bertz CT molecular complexity index is 3240. The van der Waals surface area contributed by atoms with Gasteiger partial charge in [0.25, 0.3) is 0 Å². The standard InChI is InChI=1S/C56H38N2O/c1-3-16-43(17-4-1)57(44-18-5-2-6-19-44)46-20-11-21-47(37-46)58(48-34-35-54-53-22-9-10-27-55(53)59-56(54)38-48)45-32-30-40(31-33-45)49-23-12-26-52-50(24-13-25-51(49)52)42-29-28-39-14-7-8-15-41(39)36-42/h1-38H. The number of hydrogen-bond acceptors (Lipinski definition) is 3. The molecule has 3 nitrogen and oxygen atoms in total. The predicted octanol–water partition coefficient (Wildman–Crippen LogP) is 16.2. The summed E-state index contributed by atoms with van der Waals surface area (Å²) in [6.07, 6.45) is 0. The predicted molar refractivity (Wildman–Crippen MR) is 249 cm³/mol. The summed E-state index contributed by atoms with van der Waals surface area (Å²) in [6, 6.07) is 82.3. The molecule has 0 aliphatic heterocycles. The van der Waals surface area contributed by atoms with Crippen molar-refractivity contribution in [3.63, 3.8) is 0 Å². The largest absolute Gasteiger partial charge is 0.456 e. The van der Waals surface area contributed by atoms with Crippen molar-refractivity contribution in [3.05, 3.63) is 231 Å². The van der Waals surface area contributed by atoms with Crippen molar-refractivity contribution < 1.29 is 4.42 Å². The highest BCUT2D eigenvalue weighted by Crippen LogP contribution is 2.43. The summed E-state index contributed by atoms with van der Waals surface area (Å²) in [6.45, 7) is 0. The summed E-state index contributed by atoms with van der Waals surface area (Å²) >= 11 is 0. The van der Waals surface area contributed by atoms with Gasteiger partial charge in [-0.3, -0.25) is 0 Å². The first-order chi connectivity index (χ1) is 29.2. The van der Waals surface area contributed by atoms with Gasteiger partial charge >= 0.3 is 0 Å². The fraction of sp³-hybridized carbons (Fsp3) is 0. The fourth-order valence-corrected chi connectivity index (χ4v) is 8.63. The first-order valence-corrected chi connectivity index (χ1v) is 20.1. The molecule has 3 heteroatoms. The van der Waals surface area contributed by atoms with Crippen LogP contribution in [0.1, 0.15) is 0 Å². The number of nitrogens with zero attached hydrogens (tertiary/aromatic N) is 2. The van der Waals surface area contributed by atoms with Crippen LogP contribution in [0.5, 0.6) is 0 Å². The third-order valence-corrected chi connectivity index (χ3v) is 11.4. The number of anilines is 6. The smallest absolute Gasteiger partial charge is 0.137 e. The minimum absolute atomic E-state index is 0.856. The van der Waals surface area contributed by atoms with Crippen LogP contribution in [0.2, 0.25) is 0 Å². The van der Waals surface area contributed by atoms with E-state index >= 15 is 0 Å². The molecule has 0 saturated carbocycles. The van der Waals surface area contributed by atoms with Crippen LogP contribution in [0, 0.1) is 0 Å². The average Bonchev–Trinajstić information content (AvgIpc) is 3.68. The van der Waals surface area contributed by atoms with Gasteiger partial charge in [-0.25, -0.2) is 0 Å². The Morgan fingerprint density at radius 3 is 1.44 bits per heavy atom. The van der Waals surface area contributed by atoms with Crippen molar-refractivity contribution in [2.75, 3.05) is 9.80 Å². The van der Waals surface area contributed by atoms with Gasteiger partial charge in [-0.2, -0.15) is 0 Å². The molecule has 0 bridgehead atoms. The lowest BCUT2D eigenvalue weighted by molar-refractivity contribution is 0.669. The number of fused-ring (bicyclic) bond motifs is 5. The molecule has 59 heavy (non-hydrogen) atoms. The molecule has 0 amide bonds. The number of benzene rings is 10. The van der Waals surface area contributed by atoms with E-state index in [1.54, 1.807) is 0 Å². The Kier molecular flexibility index (Phi) is 8.49. The lowest BCUT2D eigenvalue weighted by atomic mass is 9.92. The molecule has 0 aliphatic carbocycles. The summed E-state index contributed by atoms with van der Waals surface area (Å²) in [7, 11) is 0. The second kappa shape index (κ2) is 14.6. The maximum absolute atomic E-state index is 6.44. The lowest BCUT2D eigenvalue weighted by Gasteiger charge is -2.29. The fourth-order valence-electron chi connectivity index (χ4n) is 8.63. The van der Waals surface area contributed by atoms with E-state index in [2.05, 4.69) is 228 Å². The average molecular weight is 755 g/mol. The zero-order chi connectivity index (χ0) is 39.1. The normalized spacial score (nSPS) is 11.4. The highest BCUT2D eigenvalue weighted by atomic mass is 16.3. The molecule has 11 aromatic rings. The van der Waals surface area contributed by atoms with Crippen LogP contribution >= 0.6 is 0 Å². The van der Waals surface area contributed by atoms with E-state index in [4.69, 9.17) is 4.42 Å². The van der Waals surface area contributed by atoms with Crippen LogP contribution in [-0.4, -0.2) is 0 Å². The van der Waals surface area contributed by atoms with E-state index in [0.29, 0.717) is 0 Å². The van der Waals surface area contributed by atoms with Crippen LogP contribution in [0.15, 0.2) is 235 Å². The van der Waals surface area contributed by atoms with Crippen LogP contribution in [0.4, 0.5) is 34.1 Å². The number of hydrogen-bond donors (Lipinski definition) is 0. The third-order valence-electron chi connectivity index (χ3n) is 11.4. The summed E-state index contributed by atoms with van der Waals surface area (Å²) in [5.74, 6) is 0. The molecule has 0 saturated heterocycles. The van der Waals surface area contributed by atoms with Crippen molar-refractivity contribution in [2.24, 2.45) is 0 Å². The molecule has 278 valence electrons.